The van der Waals surface area contributed by atoms with E-state index in [1.54, 1.807) is 6.08 Å². The average molecular weight is 1070 g/mol. The summed E-state index contributed by atoms with van der Waals surface area (Å²) in [6.07, 6.45) is 40.9. The molecule has 0 bridgehead atoms. The van der Waals surface area contributed by atoms with Crippen LogP contribution in [0.1, 0.15) is 251 Å². The number of carbonyl (C=O) groups is 1. The molecular weight excluding hydrogens is 955 g/mol. The second-order valence-electron chi connectivity index (χ2n) is 21.8. The van der Waals surface area contributed by atoms with Gasteiger partial charge < -0.3 is 65.1 Å². The largest absolute Gasteiger partial charge is 0.394 e. The van der Waals surface area contributed by atoms with E-state index in [1.165, 1.54) is 161 Å². The number of hydrogen-bond donors (Lipinski definition) is 9. The quantitative estimate of drug-likeness (QED) is 0.0204. The molecule has 440 valence electrons. The molecule has 2 aliphatic heterocycles. The van der Waals surface area contributed by atoms with Crippen LogP contribution in [-0.4, -0.2) is 140 Å². The van der Waals surface area contributed by atoms with Gasteiger partial charge in [-0.1, -0.05) is 230 Å². The van der Waals surface area contributed by atoms with Gasteiger partial charge in [0.1, 0.15) is 48.8 Å². The van der Waals surface area contributed by atoms with Crippen LogP contribution in [0.3, 0.4) is 0 Å². The third-order valence-corrected chi connectivity index (χ3v) is 15.0. The van der Waals surface area contributed by atoms with Gasteiger partial charge in [0.05, 0.1) is 32.0 Å². The van der Waals surface area contributed by atoms with Gasteiger partial charge in [-0.15, -0.1) is 0 Å². The first kappa shape index (κ1) is 69.3. The van der Waals surface area contributed by atoms with Gasteiger partial charge >= 0.3 is 0 Å². The average Bonchev–Trinajstić information content (AvgIpc) is 3.41. The highest BCUT2D eigenvalue weighted by Gasteiger charge is 2.51. The zero-order chi connectivity index (χ0) is 54.6. The molecule has 0 aromatic rings. The molecular formula is C61H113NO13. The maximum absolute atomic E-state index is 13.1. The number of nitrogens with one attached hydrogen (secondary N) is 1. The van der Waals surface area contributed by atoms with E-state index in [9.17, 15) is 45.6 Å². The Balaban J connectivity index is 1.67. The summed E-state index contributed by atoms with van der Waals surface area (Å²) in [5.74, 6) is -0.260. The molecule has 0 aromatic heterocycles. The molecule has 14 nitrogen and oxygen atoms in total. The van der Waals surface area contributed by atoms with Crippen molar-refractivity contribution in [1.82, 2.24) is 5.32 Å². The SMILES string of the molecule is CCC/C=C\CCCCCCCC(=O)NC(COC1OC(CO)C(OC2OC(CO)C(O)C(O)C2O)C(O)C1O)C(O)/C=C/CC/C=C/CCCCCCCCCCCCCCCCCCCCCCCCCCC. The van der Waals surface area contributed by atoms with Crippen LogP contribution in [0.5, 0.6) is 0 Å². The predicted molar refractivity (Wildman–Crippen MR) is 300 cm³/mol. The standard InChI is InChI=1S/C61H113NO13/c1-3-5-7-9-11-13-15-16-17-18-19-20-21-22-23-24-25-26-27-28-29-30-31-32-33-34-35-36-38-40-42-44-50(65)49(62-53(66)45-43-41-39-37-14-12-10-8-6-4-2)48-72-60-58(71)56(69)59(52(47-64)74-60)75-61-57(70)55(68)54(67)51(46-63)73-61/h8,10,35-36,42,44,49-52,54-61,63-65,67-71H,3-7,9,11-34,37-41,43,45-48H2,1-2H3,(H,62,66)/b10-8-,36-35+,44-42+. The first-order chi connectivity index (χ1) is 36.6. The topological polar surface area (TPSA) is 228 Å². The second kappa shape index (κ2) is 47.1. The van der Waals surface area contributed by atoms with Gasteiger partial charge in [0.2, 0.25) is 5.91 Å². The number of allylic oxidation sites excluding steroid dienone is 5. The lowest BCUT2D eigenvalue weighted by Gasteiger charge is -2.46. The highest BCUT2D eigenvalue weighted by atomic mass is 16.7. The van der Waals surface area contributed by atoms with E-state index in [0.29, 0.717) is 12.8 Å². The Kier molecular flexibility index (Phi) is 43.5. The molecule has 12 atom stereocenters. The Bertz CT molecular complexity index is 1400. The number of carbonyl (C=O) groups excluding carboxylic acids is 1. The third-order valence-electron chi connectivity index (χ3n) is 15.0. The van der Waals surface area contributed by atoms with Crippen LogP contribution in [0.2, 0.25) is 0 Å². The first-order valence-electron chi connectivity index (χ1n) is 30.7. The number of aliphatic hydroxyl groups excluding tert-OH is 8. The third kappa shape index (κ3) is 32.8. The van der Waals surface area contributed by atoms with E-state index in [-0.39, 0.29) is 18.9 Å². The zero-order valence-electron chi connectivity index (χ0n) is 47.3. The molecule has 12 unspecified atom stereocenters. The maximum Gasteiger partial charge on any atom is 0.220 e. The summed E-state index contributed by atoms with van der Waals surface area (Å²) in [4.78, 5) is 13.1. The fourth-order valence-electron chi connectivity index (χ4n) is 10.1. The van der Waals surface area contributed by atoms with Crippen molar-refractivity contribution in [2.75, 3.05) is 19.8 Å². The molecule has 0 saturated carbocycles. The number of aliphatic hydroxyl groups is 8. The van der Waals surface area contributed by atoms with Crippen LogP contribution >= 0.6 is 0 Å². The lowest BCUT2D eigenvalue weighted by molar-refractivity contribution is -0.359. The predicted octanol–water partition coefficient (Wildman–Crippen LogP) is 10.6. The minimum atomic E-state index is -1.79. The van der Waals surface area contributed by atoms with Gasteiger partial charge in [-0.05, 0) is 51.4 Å². The summed E-state index contributed by atoms with van der Waals surface area (Å²) in [6.45, 7) is 2.71. The van der Waals surface area contributed by atoms with Crippen molar-refractivity contribution in [2.45, 2.75) is 325 Å². The molecule has 2 rings (SSSR count). The smallest absolute Gasteiger partial charge is 0.220 e. The zero-order valence-corrected chi connectivity index (χ0v) is 47.3. The van der Waals surface area contributed by atoms with E-state index in [2.05, 4.69) is 43.5 Å². The highest BCUT2D eigenvalue weighted by Crippen LogP contribution is 2.30. The van der Waals surface area contributed by atoms with Crippen LogP contribution in [0.25, 0.3) is 0 Å². The summed E-state index contributed by atoms with van der Waals surface area (Å²) >= 11 is 0. The summed E-state index contributed by atoms with van der Waals surface area (Å²) in [5, 5.41) is 86.9. The number of amides is 1. The normalized spacial score (nSPS) is 25.3. The second-order valence-corrected chi connectivity index (χ2v) is 21.8. The minimum Gasteiger partial charge on any atom is -0.394 e. The van der Waals surface area contributed by atoms with Crippen molar-refractivity contribution in [1.29, 1.82) is 0 Å². The van der Waals surface area contributed by atoms with Crippen LogP contribution in [0.4, 0.5) is 0 Å². The van der Waals surface area contributed by atoms with Gasteiger partial charge in [-0.2, -0.15) is 0 Å². The van der Waals surface area contributed by atoms with Gasteiger partial charge in [0.15, 0.2) is 12.6 Å². The minimum absolute atomic E-state index is 0.260. The molecule has 14 heteroatoms. The van der Waals surface area contributed by atoms with Crippen molar-refractivity contribution in [3.05, 3.63) is 36.5 Å². The fourth-order valence-corrected chi connectivity index (χ4v) is 10.1. The molecule has 9 N–H and O–H groups in total. The molecule has 0 spiro atoms. The van der Waals surface area contributed by atoms with E-state index in [0.717, 1.165) is 57.8 Å². The monoisotopic (exact) mass is 1070 g/mol. The van der Waals surface area contributed by atoms with Crippen LogP contribution in [0.15, 0.2) is 36.5 Å². The summed E-state index contributed by atoms with van der Waals surface area (Å²) in [7, 11) is 0. The Labute approximate surface area is 455 Å². The molecule has 2 fully saturated rings. The van der Waals surface area contributed by atoms with E-state index in [4.69, 9.17) is 18.9 Å². The number of hydrogen-bond acceptors (Lipinski definition) is 13. The Hall–Kier alpha value is -1.79. The van der Waals surface area contributed by atoms with Crippen LogP contribution in [-0.2, 0) is 23.7 Å². The number of rotatable bonds is 49. The summed E-state index contributed by atoms with van der Waals surface area (Å²) in [5.41, 5.74) is 0. The summed E-state index contributed by atoms with van der Waals surface area (Å²) < 4.78 is 22.7. The maximum atomic E-state index is 13.1. The molecule has 1 amide bonds. The molecule has 0 aliphatic carbocycles. The molecule has 2 aliphatic rings. The Morgan fingerprint density at radius 1 is 0.467 bits per heavy atom. The van der Waals surface area contributed by atoms with Gasteiger partial charge in [0, 0.05) is 6.42 Å². The highest BCUT2D eigenvalue weighted by molar-refractivity contribution is 5.76. The van der Waals surface area contributed by atoms with Crippen molar-refractivity contribution >= 4 is 5.91 Å². The van der Waals surface area contributed by atoms with Gasteiger partial charge in [0.25, 0.3) is 0 Å². The Morgan fingerprint density at radius 2 is 0.880 bits per heavy atom. The van der Waals surface area contributed by atoms with E-state index >= 15 is 0 Å². The van der Waals surface area contributed by atoms with Crippen LogP contribution in [0, 0.1) is 0 Å². The molecule has 2 saturated heterocycles. The van der Waals surface area contributed by atoms with E-state index in [1.807, 2.05) is 6.08 Å². The Morgan fingerprint density at radius 3 is 1.36 bits per heavy atom. The summed E-state index contributed by atoms with van der Waals surface area (Å²) in [6, 6.07) is -0.934. The van der Waals surface area contributed by atoms with Crippen molar-refractivity contribution in [3.8, 4) is 0 Å². The van der Waals surface area contributed by atoms with Gasteiger partial charge in [-0.25, -0.2) is 0 Å². The lowest BCUT2D eigenvalue weighted by Crippen LogP contribution is -2.65. The number of ether oxygens (including phenoxy) is 4. The van der Waals surface area contributed by atoms with E-state index < -0.39 is 86.8 Å². The number of unbranched alkanes of at least 4 members (excludes halogenated alkanes) is 32. The fraction of sp³-hybridized carbons (Fsp3) is 0.885. The molecule has 0 radical (unpaired) electrons. The lowest BCUT2D eigenvalue weighted by atomic mass is 9.97. The molecule has 75 heavy (non-hydrogen) atoms. The van der Waals surface area contributed by atoms with Crippen LogP contribution < -0.4 is 5.32 Å². The van der Waals surface area contributed by atoms with Crippen molar-refractivity contribution < 1.29 is 64.6 Å². The van der Waals surface area contributed by atoms with Gasteiger partial charge in [-0.3, -0.25) is 4.79 Å². The first-order valence-corrected chi connectivity index (χ1v) is 30.7. The molecule has 0 aromatic carbocycles. The molecule has 2 heterocycles. The van der Waals surface area contributed by atoms with Crippen molar-refractivity contribution in [2.24, 2.45) is 0 Å². The van der Waals surface area contributed by atoms with Crippen molar-refractivity contribution in [3.63, 3.8) is 0 Å².